The number of carbonyl (C=O) groups excluding carboxylic acids is 1. The molecule has 0 saturated carbocycles. The second-order valence-corrected chi connectivity index (χ2v) is 6.05. The third-order valence-electron chi connectivity index (χ3n) is 2.28. The normalized spacial score (nSPS) is 11.2. The summed E-state index contributed by atoms with van der Waals surface area (Å²) in [7, 11) is -1.27. The first-order chi connectivity index (χ1) is 9.31. The van der Waals surface area contributed by atoms with E-state index >= 15 is 0 Å². The summed E-state index contributed by atoms with van der Waals surface area (Å²) < 4.78 is 37.9. The molecular weight excluding hydrogens is 354 g/mol. The van der Waals surface area contributed by atoms with Gasteiger partial charge < -0.3 is 14.2 Å². The van der Waals surface area contributed by atoms with Crippen LogP contribution >= 0.6 is 15.9 Å². The molecule has 0 atom stereocenters. The number of primary sulfonamides is 1. The SMILES string of the molecule is COCCOC(=O)c1cc(Br)c(OC)c(S(N)(=O)=O)c1. The summed E-state index contributed by atoms with van der Waals surface area (Å²) in [6.07, 6.45) is 0. The zero-order chi connectivity index (χ0) is 15.3. The van der Waals surface area contributed by atoms with E-state index in [-0.39, 0.29) is 33.9 Å². The van der Waals surface area contributed by atoms with Gasteiger partial charge in [-0.3, -0.25) is 0 Å². The van der Waals surface area contributed by atoms with Gasteiger partial charge in [0.05, 0.1) is 23.8 Å². The lowest BCUT2D eigenvalue weighted by Gasteiger charge is -2.11. The van der Waals surface area contributed by atoms with E-state index in [1.165, 1.54) is 20.3 Å². The number of ether oxygens (including phenoxy) is 3. The van der Waals surface area contributed by atoms with Crippen LogP contribution < -0.4 is 9.88 Å². The number of methoxy groups -OCH3 is 2. The summed E-state index contributed by atoms with van der Waals surface area (Å²) in [6, 6.07) is 2.50. The minimum absolute atomic E-state index is 0.0286. The predicted octanol–water partition coefficient (Wildman–Crippen LogP) is 0.908. The Morgan fingerprint density at radius 3 is 2.45 bits per heavy atom. The third kappa shape index (κ3) is 4.17. The molecule has 0 heterocycles. The van der Waals surface area contributed by atoms with Crippen LogP contribution in [0.25, 0.3) is 0 Å². The van der Waals surface area contributed by atoms with Gasteiger partial charge in [0.25, 0.3) is 0 Å². The summed E-state index contributed by atoms with van der Waals surface area (Å²) in [5, 5.41) is 5.09. The standard InChI is InChI=1S/C11H14BrNO6S/c1-17-3-4-19-11(14)7-5-8(12)10(18-2)9(6-7)20(13,15)16/h5-6H,3-4H2,1-2H3,(H2,13,15,16). The first-order valence-electron chi connectivity index (χ1n) is 5.37. The van der Waals surface area contributed by atoms with Crippen LogP contribution in [0.4, 0.5) is 0 Å². The van der Waals surface area contributed by atoms with Gasteiger partial charge >= 0.3 is 5.97 Å². The van der Waals surface area contributed by atoms with Crippen molar-refractivity contribution in [1.82, 2.24) is 0 Å². The van der Waals surface area contributed by atoms with Crippen molar-refractivity contribution >= 4 is 31.9 Å². The van der Waals surface area contributed by atoms with Crippen molar-refractivity contribution in [2.24, 2.45) is 5.14 Å². The van der Waals surface area contributed by atoms with Gasteiger partial charge in [-0.25, -0.2) is 18.4 Å². The van der Waals surface area contributed by atoms with Crippen molar-refractivity contribution in [3.63, 3.8) is 0 Å². The smallest absolute Gasteiger partial charge is 0.338 e. The Bertz CT molecular complexity index is 601. The summed E-state index contributed by atoms with van der Waals surface area (Å²) in [6.45, 7) is 0.300. The van der Waals surface area contributed by atoms with Gasteiger partial charge in [0.2, 0.25) is 10.0 Å². The molecule has 2 N–H and O–H groups in total. The molecule has 0 aliphatic heterocycles. The highest BCUT2D eigenvalue weighted by molar-refractivity contribution is 9.10. The molecule has 0 saturated heterocycles. The molecular formula is C11H14BrNO6S. The van der Waals surface area contributed by atoms with Crippen molar-refractivity contribution < 1.29 is 27.4 Å². The first kappa shape index (κ1) is 16.9. The van der Waals surface area contributed by atoms with Gasteiger partial charge in [-0.1, -0.05) is 0 Å². The molecule has 0 bridgehead atoms. The van der Waals surface area contributed by atoms with Crippen molar-refractivity contribution in [1.29, 1.82) is 0 Å². The average molecular weight is 368 g/mol. The van der Waals surface area contributed by atoms with Gasteiger partial charge in [0.15, 0.2) is 5.75 Å². The number of esters is 1. The largest absolute Gasteiger partial charge is 0.494 e. The maximum absolute atomic E-state index is 11.8. The fraction of sp³-hybridized carbons (Fsp3) is 0.364. The van der Waals surface area contributed by atoms with Gasteiger partial charge in [-0.2, -0.15) is 0 Å². The molecule has 0 unspecified atom stereocenters. The van der Waals surface area contributed by atoms with Gasteiger partial charge in [0, 0.05) is 7.11 Å². The molecule has 1 aromatic rings. The summed E-state index contributed by atoms with van der Waals surface area (Å²) in [5.74, 6) is -0.656. The van der Waals surface area contributed by atoms with E-state index in [1.54, 1.807) is 0 Å². The molecule has 0 aliphatic carbocycles. The summed E-state index contributed by atoms with van der Waals surface area (Å²) in [4.78, 5) is 11.5. The molecule has 0 spiro atoms. The van der Waals surface area contributed by atoms with Crippen LogP contribution in [-0.2, 0) is 19.5 Å². The number of rotatable bonds is 6. The number of hydrogen-bond acceptors (Lipinski definition) is 6. The summed E-state index contributed by atoms with van der Waals surface area (Å²) >= 11 is 3.12. The molecule has 0 radical (unpaired) electrons. The fourth-order valence-electron chi connectivity index (χ4n) is 1.40. The van der Waals surface area contributed by atoms with Gasteiger partial charge in [-0.15, -0.1) is 0 Å². The monoisotopic (exact) mass is 367 g/mol. The second-order valence-electron chi connectivity index (χ2n) is 3.66. The highest BCUT2D eigenvalue weighted by Crippen LogP contribution is 2.33. The Hall–Kier alpha value is -1.16. The van der Waals surface area contributed by atoms with Gasteiger partial charge in [-0.05, 0) is 28.1 Å². The Kier molecular flexibility index (Phi) is 5.93. The third-order valence-corrected chi connectivity index (χ3v) is 3.78. The van der Waals surface area contributed by atoms with E-state index < -0.39 is 16.0 Å². The van der Waals surface area contributed by atoms with Crippen molar-refractivity contribution in [2.45, 2.75) is 4.90 Å². The number of halogens is 1. The van der Waals surface area contributed by atoms with Crippen molar-refractivity contribution in [2.75, 3.05) is 27.4 Å². The average Bonchev–Trinajstić information content (AvgIpc) is 2.36. The quantitative estimate of drug-likeness (QED) is 0.591. The van der Waals surface area contributed by atoms with Crippen molar-refractivity contribution in [3.05, 3.63) is 22.2 Å². The van der Waals surface area contributed by atoms with Crippen LogP contribution in [0.5, 0.6) is 5.75 Å². The fourth-order valence-corrected chi connectivity index (χ4v) is 2.89. The number of carbonyl (C=O) groups is 1. The van der Waals surface area contributed by atoms with E-state index in [2.05, 4.69) is 15.9 Å². The molecule has 7 nitrogen and oxygen atoms in total. The van der Waals surface area contributed by atoms with Crippen LogP contribution in [0.15, 0.2) is 21.5 Å². The molecule has 20 heavy (non-hydrogen) atoms. The lowest BCUT2D eigenvalue weighted by atomic mass is 10.2. The van der Waals surface area contributed by atoms with E-state index in [4.69, 9.17) is 19.3 Å². The Morgan fingerprint density at radius 2 is 1.95 bits per heavy atom. The minimum Gasteiger partial charge on any atom is -0.494 e. The van der Waals surface area contributed by atoms with E-state index in [0.29, 0.717) is 0 Å². The first-order valence-corrected chi connectivity index (χ1v) is 7.71. The Balaban J connectivity index is 3.18. The zero-order valence-corrected chi connectivity index (χ0v) is 13.3. The van der Waals surface area contributed by atoms with E-state index in [9.17, 15) is 13.2 Å². The highest BCUT2D eigenvalue weighted by Gasteiger charge is 2.21. The Labute approximate surface area is 125 Å². The van der Waals surface area contributed by atoms with Crippen LogP contribution in [0.1, 0.15) is 10.4 Å². The molecule has 1 rings (SSSR count). The lowest BCUT2D eigenvalue weighted by molar-refractivity contribution is 0.0387. The molecule has 0 aliphatic rings. The maximum atomic E-state index is 11.8. The molecule has 0 fully saturated rings. The highest BCUT2D eigenvalue weighted by atomic mass is 79.9. The van der Waals surface area contributed by atoms with E-state index in [1.807, 2.05) is 0 Å². The molecule has 112 valence electrons. The van der Waals surface area contributed by atoms with Crippen LogP contribution in [0.2, 0.25) is 0 Å². The van der Waals surface area contributed by atoms with Crippen LogP contribution in [0, 0.1) is 0 Å². The Morgan fingerprint density at radius 1 is 1.30 bits per heavy atom. The lowest BCUT2D eigenvalue weighted by Crippen LogP contribution is -2.16. The molecule has 0 amide bonds. The number of nitrogens with two attached hydrogens (primary N) is 1. The van der Waals surface area contributed by atoms with Crippen LogP contribution in [-0.4, -0.2) is 41.8 Å². The topological polar surface area (TPSA) is 105 Å². The number of sulfonamides is 1. The number of hydrogen-bond donors (Lipinski definition) is 1. The predicted molar refractivity (Wildman–Crippen MR) is 74.2 cm³/mol. The number of benzene rings is 1. The van der Waals surface area contributed by atoms with Crippen LogP contribution in [0.3, 0.4) is 0 Å². The summed E-state index contributed by atoms with van der Waals surface area (Å²) in [5.41, 5.74) is 0.0396. The van der Waals surface area contributed by atoms with Gasteiger partial charge in [0.1, 0.15) is 11.5 Å². The molecule has 0 aromatic heterocycles. The van der Waals surface area contributed by atoms with Crippen molar-refractivity contribution in [3.8, 4) is 5.75 Å². The van der Waals surface area contributed by atoms with E-state index in [0.717, 1.165) is 6.07 Å². The molecule has 1 aromatic carbocycles. The maximum Gasteiger partial charge on any atom is 0.338 e. The second kappa shape index (κ2) is 7.02. The minimum atomic E-state index is -4.04. The zero-order valence-electron chi connectivity index (χ0n) is 10.9. The molecule has 9 heteroatoms.